The molecule has 4 nitrogen and oxygen atoms in total. The Labute approximate surface area is 118 Å². The highest BCUT2D eigenvalue weighted by atomic mass is 16.2. The summed E-state index contributed by atoms with van der Waals surface area (Å²) in [5.41, 5.74) is 5.60. The van der Waals surface area contributed by atoms with Gasteiger partial charge in [-0.15, -0.1) is 0 Å². The van der Waals surface area contributed by atoms with E-state index < -0.39 is 0 Å². The molecule has 0 spiro atoms. The minimum absolute atomic E-state index is 0.187. The monoisotopic (exact) mass is 269 g/mol. The predicted octanol–water partition coefficient (Wildman–Crippen LogP) is 1.60. The summed E-state index contributed by atoms with van der Waals surface area (Å²) in [5, 5.41) is 3.10. The van der Waals surface area contributed by atoms with E-state index in [0.29, 0.717) is 6.54 Å². The number of nitrogens with one attached hydrogen (secondary N) is 1. The topological polar surface area (TPSA) is 58.4 Å². The summed E-state index contributed by atoms with van der Waals surface area (Å²) in [6, 6.07) is 0. The van der Waals surface area contributed by atoms with Crippen LogP contribution in [0.15, 0.2) is 0 Å². The smallest absolute Gasteiger partial charge is 0.227 e. The summed E-state index contributed by atoms with van der Waals surface area (Å²) in [4.78, 5) is 14.5. The Morgan fingerprint density at radius 3 is 2.47 bits per heavy atom. The lowest BCUT2D eigenvalue weighted by Crippen LogP contribution is -2.48. The van der Waals surface area contributed by atoms with Crippen molar-refractivity contribution in [2.24, 2.45) is 17.1 Å². The lowest BCUT2D eigenvalue weighted by molar-refractivity contribution is -0.132. The van der Waals surface area contributed by atoms with Gasteiger partial charge < -0.3 is 16.0 Å². The van der Waals surface area contributed by atoms with Crippen LogP contribution in [0.2, 0.25) is 0 Å². The molecular formula is C15H31N3O. The largest absolute Gasteiger partial charge is 0.356 e. The fourth-order valence-electron chi connectivity index (χ4n) is 2.78. The third-order valence-corrected chi connectivity index (χ3v) is 4.42. The number of amides is 1. The molecule has 4 heteroatoms. The fourth-order valence-corrected chi connectivity index (χ4v) is 2.78. The number of carbonyl (C=O) groups excluding carboxylic acids is 1. The first-order valence-corrected chi connectivity index (χ1v) is 7.63. The molecular weight excluding hydrogens is 238 g/mol. The van der Waals surface area contributed by atoms with Crippen molar-refractivity contribution >= 4 is 5.91 Å². The van der Waals surface area contributed by atoms with E-state index >= 15 is 0 Å². The van der Waals surface area contributed by atoms with E-state index in [4.69, 9.17) is 5.73 Å². The zero-order chi connectivity index (χ0) is 14.3. The second-order valence-electron chi connectivity index (χ2n) is 6.43. The maximum atomic E-state index is 12.4. The number of carbonyl (C=O) groups is 1. The number of nitrogens with two attached hydrogens (primary N) is 1. The summed E-state index contributed by atoms with van der Waals surface area (Å²) in [5.74, 6) is 0.930. The molecule has 0 aromatic rings. The predicted molar refractivity (Wildman–Crippen MR) is 79.9 cm³/mol. The highest BCUT2D eigenvalue weighted by molar-refractivity contribution is 5.83. The third kappa shape index (κ3) is 5.11. The number of hydrogen-bond acceptors (Lipinski definition) is 3. The van der Waals surface area contributed by atoms with E-state index in [2.05, 4.69) is 31.2 Å². The molecule has 0 unspecified atom stereocenters. The van der Waals surface area contributed by atoms with E-state index in [1.807, 2.05) is 0 Å². The van der Waals surface area contributed by atoms with Crippen LogP contribution in [0, 0.1) is 11.3 Å². The average Bonchev–Trinajstić information content (AvgIpc) is 2.39. The van der Waals surface area contributed by atoms with E-state index in [0.717, 1.165) is 57.5 Å². The Morgan fingerprint density at radius 2 is 1.95 bits per heavy atom. The van der Waals surface area contributed by atoms with E-state index in [1.54, 1.807) is 0 Å². The van der Waals surface area contributed by atoms with Gasteiger partial charge in [-0.25, -0.2) is 0 Å². The molecule has 1 fully saturated rings. The Hall–Kier alpha value is -0.610. The summed E-state index contributed by atoms with van der Waals surface area (Å²) in [6.07, 6.45) is 6.33. The van der Waals surface area contributed by atoms with Crippen LogP contribution in [-0.2, 0) is 4.79 Å². The van der Waals surface area contributed by atoms with Gasteiger partial charge in [-0.05, 0) is 65.1 Å². The Balaban J connectivity index is 2.30. The van der Waals surface area contributed by atoms with Gasteiger partial charge in [0.15, 0.2) is 0 Å². The van der Waals surface area contributed by atoms with Crippen molar-refractivity contribution < 1.29 is 4.79 Å². The number of hydrogen-bond donors (Lipinski definition) is 2. The summed E-state index contributed by atoms with van der Waals surface area (Å²) in [7, 11) is 4.15. The molecule has 1 aliphatic carbocycles. The first-order chi connectivity index (χ1) is 9.00. The highest BCUT2D eigenvalue weighted by Gasteiger charge is 2.39. The van der Waals surface area contributed by atoms with Gasteiger partial charge in [-0.1, -0.05) is 6.92 Å². The number of unbranched alkanes of at least 4 members (excludes halogenated alkanes) is 1. The number of rotatable bonds is 7. The van der Waals surface area contributed by atoms with Crippen LogP contribution in [0.4, 0.5) is 0 Å². The zero-order valence-corrected chi connectivity index (χ0v) is 12.9. The molecule has 0 atom stereocenters. The first kappa shape index (κ1) is 16.4. The van der Waals surface area contributed by atoms with Gasteiger partial charge in [0.05, 0.1) is 5.41 Å². The SMILES string of the molecule is CC1CCC(CN)(C(=O)NCCCCN(C)C)CC1. The molecule has 0 heterocycles. The highest BCUT2D eigenvalue weighted by Crippen LogP contribution is 2.38. The maximum Gasteiger partial charge on any atom is 0.227 e. The van der Waals surface area contributed by atoms with Crippen LogP contribution >= 0.6 is 0 Å². The molecule has 1 saturated carbocycles. The average molecular weight is 269 g/mol. The normalized spacial score (nSPS) is 27.5. The molecule has 112 valence electrons. The van der Waals surface area contributed by atoms with Gasteiger partial charge in [-0.3, -0.25) is 4.79 Å². The zero-order valence-electron chi connectivity index (χ0n) is 12.9. The van der Waals surface area contributed by atoms with Crippen molar-refractivity contribution in [2.75, 3.05) is 33.7 Å². The third-order valence-electron chi connectivity index (χ3n) is 4.42. The van der Waals surface area contributed by atoms with Crippen LogP contribution in [0.3, 0.4) is 0 Å². The summed E-state index contributed by atoms with van der Waals surface area (Å²) >= 11 is 0. The Morgan fingerprint density at radius 1 is 1.32 bits per heavy atom. The minimum Gasteiger partial charge on any atom is -0.356 e. The van der Waals surface area contributed by atoms with E-state index in [9.17, 15) is 4.79 Å². The molecule has 0 saturated heterocycles. The molecule has 0 aliphatic heterocycles. The van der Waals surface area contributed by atoms with Crippen LogP contribution in [0.25, 0.3) is 0 Å². The standard InChI is InChI=1S/C15H31N3O/c1-13-6-8-15(12-16,9-7-13)14(19)17-10-4-5-11-18(2)3/h13H,4-12,16H2,1-3H3,(H,17,19). The molecule has 0 aromatic carbocycles. The van der Waals surface area contributed by atoms with E-state index in [1.165, 1.54) is 0 Å². The second-order valence-corrected chi connectivity index (χ2v) is 6.43. The van der Waals surface area contributed by atoms with Gasteiger partial charge in [0.1, 0.15) is 0 Å². The lowest BCUT2D eigenvalue weighted by Gasteiger charge is -2.37. The van der Waals surface area contributed by atoms with Crippen LogP contribution in [0.1, 0.15) is 45.4 Å². The van der Waals surface area contributed by atoms with Crippen molar-refractivity contribution in [1.29, 1.82) is 0 Å². The first-order valence-electron chi connectivity index (χ1n) is 7.63. The summed E-state index contributed by atoms with van der Waals surface area (Å²) in [6.45, 7) is 4.61. The van der Waals surface area contributed by atoms with E-state index in [-0.39, 0.29) is 11.3 Å². The molecule has 3 N–H and O–H groups in total. The fraction of sp³-hybridized carbons (Fsp3) is 0.933. The van der Waals surface area contributed by atoms with Gasteiger partial charge in [-0.2, -0.15) is 0 Å². The maximum absolute atomic E-state index is 12.4. The molecule has 0 aromatic heterocycles. The minimum atomic E-state index is -0.284. The van der Waals surface area contributed by atoms with Crippen molar-refractivity contribution in [2.45, 2.75) is 45.4 Å². The van der Waals surface area contributed by atoms with Crippen molar-refractivity contribution in [3.05, 3.63) is 0 Å². The van der Waals surface area contributed by atoms with Gasteiger partial charge >= 0.3 is 0 Å². The van der Waals surface area contributed by atoms with Crippen LogP contribution in [-0.4, -0.2) is 44.5 Å². The van der Waals surface area contributed by atoms with Gasteiger partial charge in [0, 0.05) is 13.1 Å². The molecule has 1 rings (SSSR count). The summed E-state index contributed by atoms with van der Waals surface area (Å²) < 4.78 is 0. The Kier molecular flexibility index (Phi) is 6.80. The molecule has 1 aliphatic rings. The van der Waals surface area contributed by atoms with Gasteiger partial charge in [0.2, 0.25) is 5.91 Å². The Bertz CT molecular complexity index is 271. The van der Waals surface area contributed by atoms with Gasteiger partial charge in [0.25, 0.3) is 0 Å². The second kappa shape index (κ2) is 7.85. The van der Waals surface area contributed by atoms with Crippen LogP contribution < -0.4 is 11.1 Å². The molecule has 19 heavy (non-hydrogen) atoms. The lowest BCUT2D eigenvalue weighted by atomic mass is 9.70. The number of nitrogens with zero attached hydrogens (tertiary/aromatic N) is 1. The van der Waals surface area contributed by atoms with Crippen molar-refractivity contribution in [1.82, 2.24) is 10.2 Å². The quantitative estimate of drug-likeness (QED) is 0.690. The molecule has 1 amide bonds. The molecule has 0 bridgehead atoms. The van der Waals surface area contributed by atoms with Crippen LogP contribution in [0.5, 0.6) is 0 Å². The van der Waals surface area contributed by atoms with Crippen molar-refractivity contribution in [3.8, 4) is 0 Å². The molecule has 0 radical (unpaired) electrons. The van der Waals surface area contributed by atoms with Crippen molar-refractivity contribution in [3.63, 3.8) is 0 Å².